The quantitative estimate of drug-likeness (QED) is 0.268. The second kappa shape index (κ2) is 6.84. The van der Waals surface area contributed by atoms with E-state index in [4.69, 9.17) is 20.9 Å². The Bertz CT molecular complexity index is 509. The molecule has 0 spiro atoms. The highest BCUT2D eigenvalue weighted by Crippen LogP contribution is 2.22. The van der Waals surface area contributed by atoms with Crippen LogP contribution in [0.4, 0.5) is 4.79 Å². The van der Waals surface area contributed by atoms with Gasteiger partial charge >= 0.3 is 6.16 Å². The van der Waals surface area contributed by atoms with Crippen molar-refractivity contribution < 1.29 is 19.0 Å². The lowest BCUT2D eigenvalue weighted by Gasteiger charge is -2.07. The smallest absolute Gasteiger partial charge is 0.496 e. The minimum Gasteiger partial charge on any atom is -0.496 e. The predicted molar refractivity (Wildman–Crippen MR) is 69.4 cm³/mol. The molecule has 19 heavy (non-hydrogen) atoms. The average Bonchev–Trinajstić information content (AvgIpc) is 2.38. The van der Waals surface area contributed by atoms with E-state index >= 15 is 0 Å². The first kappa shape index (κ1) is 14.3. The van der Waals surface area contributed by atoms with Crippen molar-refractivity contribution in [1.29, 1.82) is 0 Å². The molecule has 0 aliphatic heterocycles. The van der Waals surface area contributed by atoms with Gasteiger partial charge in [-0.1, -0.05) is 0 Å². The van der Waals surface area contributed by atoms with Crippen LogP contribution in [0.5, 0.6) is 11.5 Å². The van der Waals surface area contributed by atoms with Gasteiger partial charge in [0, 0.05) is 5.56 Å². The Kier molecular flexibility index (Phi) is 5.15. The van der Waals surface area contributed by atoms with E-state index in [-0.39, 0.29) is 11.7 Å². The lowest BCUT2D eigenvalue weighted by Crippen LogP contribution is -2.21. The number of nitrogens with two attached hydrogens (primary N) is 2. The number of hydrogen-bond donors (Lipinski definition) is 2. The number of carbonyl (C=O) groups excluding carboxylic acids is 1. The van der Waals surface area contributed by atoms with Gasteiger partial charge in [0.05, 0.1) is 20.4 Å². The van der Waals surface area contributed by atoms with Crippen LogP contribution < -0.4 is 20.9 Å². The highest BCUT2D eigenvalue weighted by Gasteiger charge is 2.07. The molecule has 8 nitrogen and oxygen atoms in total. The van der Waals surface area contributed by atoms with Crippen LogP contribution in [0.3, 0.4) is 0 Å². The Morgan fingerprint density at radius 1 is 1.32 bits per heavy atom. The van der Waals surface area contributed by atoms with Crippen molar-refractivity contribution in [1.82, 2.24) is 0 Å². The first-order chi connectivity index (χ1) is 9.06. The molecule has 0 aliphatic carbocycles. The first-order valence-corrected chi connectivity index (χ1v) is 5.12. The highest BCUT2D eigenvalue weighted by molar-refractivity contribution is 5.85. The summed E-state index contributed by atoms with van der Waals surface area (Å²) in [5.74, 6) is 0.628. The molecule has 0 saturated heterocycles. The van der Waals surface area contributed by atoms with Crippen LogP contribution in [-0.4, -0.2) is 32.5 Å². The third kappa shape index (κ3) is 4.54. The zero-order valence-corrected chi connectivity index (χ0v) is 10.5. The minimum atomic E-state index is -0.822. The van der Waals surface area contributed by atoms with Gasteiger partial charge in [-0.3, -0.25) is 0 Å². The van der Waals surface area contributed by atoms with Crippen LogP contribution in [0.25, 0.3) is 0 Å². The van der Waals surface area contributed by atoms with Gasteiger partial charge in [0.2, 0.25) is 5.96 Å². The third-order valence-electron chi connectivity index (χ3n) is 1.94. The van der Waals surface area contributed by atoms with Gasteiger partial charge in [-0.05, 0) is 18.2 Å². The summed E-state index contributed by atoms with van der Waals surface area (Å²) in [6.07, 6.45) is 0.542. The summed E-state index contributed by atoms with van der Waals surface area (Å²) in [5, 5.41) is 7.11. The summed E-state index contributed by atoms with van der Waals surface area (Å²) >= 11 is 0. The summed E-state index contributed by atoms with van der Waals surface area (Å²) in [5.41, 5.74) is 10.8. The molecule has 0 heterocycles. The van der Waals surface area contributed by atoms with Crippen LogP contribution >= 0.6 is 0 Å². The molecule has 1 aromatic carbocycles. The Morgan fingerprint density at radius 2 is 2.05 bits per heavy atom. The van der Waals surface area contributed by atoms with E-state index < -0.39 is 6.16 Å². The standard InChI is InChI=1S/C11H14N4O4/c1-17-9-4-3-8(19-11(16)18-2)5-7(9)6-14-15-10(12)13/h3-6H,1-2H3,(H4,12,13,15). The minimum absolute atomic E-state index is 0.169. The zero-order chi connectivity index (χ0) is 14.3. The third-order valence-corrected chi connectivity index (χ3v) is 1.94. The van der Waals surface area contributed by atoms with Crippen molar-refractivity contribution in [3.63, 3.8) is 0 Å². The van der Waals surface area contributed by atoms with Gasteiger partial charge in [-0.25, -0.2) is 4.79 Å². The second-order valence-electron chi connectivity index (χ2n) is 3.23. The molecular formula is C11H14N4O4. The van der Waals surface area contributed by atoms with Crippen LogP contribution in [0, 0.1) is 0 Å². The summed E-state index contributed by atoms with van der Waals surface area (Å²) in [4.78, 5) is 11.0. The number of guanidine groups is 1. The van der Waals surface area contributed by atoms with E-state index in [0.717, 1.165) is 0 Å². The molecule has 0 atom stereocenters. The predicted octanol–water partition coefficient (Wildman–Crippen LogP) is 0.448. The number of rotatable bonds is 4. The average molecular weight is 266 g/mol. The number of ether oxygens (including phenoxy) is 3. The molecule has 102 valence electrons. The largest absolute Gasteiger partial charge is 0.513 e. The molecule has 1 aromatic rings. The first-order valence-electron chi connectivity index (χ1n) is 5.12. The molecule has 0 unspecified atom stereocenters. The van der Waals surface area contributed by atoms with Crippen molar-refractivity contribution in [2.75, 3.05) is 14.2 Å². The molecular weight excluding hydrogens is 252 g/mol. The Labute approximate surface area is 109 Å². The molecule has 1 rings (SSSR count). The van der Waals surface area contributed by atoms with E-state index in [9.17, 15) is 4.79 Å². The molecule has 4 N–H and O–H groups in total. The molecule has 0 bridgehead atoms. The van der Waals surface area contributed by atoms with Crippen LogP contribution in [0.2, 0.25) is 0 Å². The van der Waals surface area contributed by atoms with Gasteiger partial charge in [0.15, 0.2) is 0 Å². The zero-order valence-electron chi connectivity index (χ0n) is 10.5. The maximum atomic E-state index is 11.0. The Morgan fingerprint density at radius 3 is 2.63 bits per heavy atom. The molecule has 0 fully saturated rings. The lowest BCUT2D eigenvalue weighted by molar-refractivity contribution is 0.121. The van der Waals surface area contributed by atoms with Crippen molar-refractivity contribution in [2.24, 2.45) is 21.7 Å². The molecule has 0 aromatic heterocycles. The van der Waals surface area contributed by atoms with E-state index in [1.54, 1.807) is 12.1 Å². The molecule has 0 radical (unpaired) electrons. The number of hydrogen-bond acceptors (Lipinski definition) is 6. The monoisotopic (exact) mass is 266 g/mol. The maximum absolute atomic E-state index is 11.0. The van der Waals surface area contributed by atoms with Crippen molar-refractivity contribution in [2.45, 2.75) is 0 Å². The number of methoxy groups -OCH3 is 2. The van der Waals surface area contributed by atoms with E-state index in [0.29, 0.717) is 11.3 Å². The maximum Gasteiger partial charge on any atom is 0.513 e. The van der Waals surface area contributed by atoms with Gasteiger partial charge < -0.3 is 25.7 Å². The molecule has 0 aliphatic rings. The summed E-state index contributed by atoms with van der Waals surface area (Å²) < 4.78 is 14.4. The summed E-state index contributed by atoms with van der Waals surface area (Å²) in [6, 6.07) is 4.68. The van der Waals surface area contributed by atoms with E-state index in [1.165, 1.54) is 26.5 Å². The topological polar surface area (TPSA) is 122 Å². The number of benzene rings is 1. The van der Waals surface area contributed by atoms with Crippen molar-refractivity contribution >= 4 is 18.3 Å². The van der Waals surface area contributed by atoms with Gasteiger partial charge in [0.25, 0.3) is 0 Å². The normalized spacial score (nSPS) is 10.0. The Hall–Kier alpha value is -2.77. The highest BCUT2D eigenvalue weighted by atomic mass is 16.7. The lowest BCUT2D eigenvalue weighted by atomic mass is 10.2. The van der Waals surface area contributed by atoms with Crippen LogP contribution in [0.15, 0.2) is 28.4 Å². The fourth-order valence-electron chi connectivity index (χ4n) is 1.17. The number of nitrogens with zero attached hydrogens (tertiary/aromatic N) is 2. The SMILES string of the molecule is COC(=O)Oc1ccc(OC)c(C=NN=C(N)N)c1. The van der Waals surface area contributed by atoms with E-state index in [1.807, 2.05) is 0 Å². The van der Waals surface area contributed by atoms with Gasteiger partial charge in [0.1, 0.15) is 11.5 Å². The summed E-state index contributed by atoms with van der Waals surface area (Å²) in [6.45, 7) is 0. The fraction of sp³-hybridized carbons (Fsp3) is 0.182. The van der Waals surface area contributed by atoms with Crippen molar-refractivity contribution in [3.8, 4) is 11.5 Å². The van der Waals surface area contributed by atoms with Crippen LogP contribution in [0.1, 0.15) is 5.56 Å². The Balaban J connectivity index is 2.99. The van der Waals surface area contributed by atoms with Gasteiger partial charge in [-0.2, -0.15) is 5.10 Å². The molecule has 0 saturated carbocycles. The fourth-order valence-corrected chi connectivity index (χ4v) is 1.17. The molecule has 0 amide bonds. The molecule has 8 heteroatoms. The van der Waals surface area contributed by atoms with Crippen molar-refractivity contribution in [3.05, 3.63) is 23.8 Å². The van der Waals surface area contributed by atoms with E-state index in [2.05, 4.69) is 14.9 Å². The summed E-state index contributed by atoms with van der Waals surface area (Å²) in [7, 11) is 2.71. The van der Waals surface area contributed by atoms with Gasteiger partial charge in [-0.15, -0.1) is 5.10 Å². The number of carbonyl (C=O) groups is 1. The second-order valence-corrected chi connectivity index (χ2v) is 3.23. The van der Waals surface area contributed by atoms with Crippen LogP contribution in [-0.2, 0) is 4.74 Å².